The van der Waals surface area contributed by atoms with Gasteiger partial charge < -0.3 is 10.5 Å². The zero-order valence-electron chi connectivity index (χ0n) is 11.8. The standard InChI is InChI=1S/C15H26N2OS/c16-15(12-1-2-12)10-17(11-15)13-3-6-18-14(9-13)4-7-19-8-5-14/h12-13H,1-11,16H2. The number of nitrogens with two attached hydrogens (primary N) is 1. The van der Waals surface area contributed by atoms with Crippen LogP contribution >= 0.6 is 11.8 Å². The van der Waals surface area contributed by atoms with Crippen molar-refractivity contribution in [2.24, 2.45) is 11.7 Å². The number of hydrogen-bond donors (Lipinski definition) is 1. The van der Waals surface area contributed by atoms with E-state index in [9.17, 15) is 0 Å². The van der Waals surface area contributed by atoms with Crippen molar-refractivity contribution in [3.63, 3.8) is 0 Å². The molecule has 1 spiro atoms. The smallest absolute Gasteiger partial charge is 0.0713 e. The summed E-state index contributed by atoms with van der Waals surface area (Å²) in [6.07, 6.45) is 7.75. The normalized spacial score (nSPS) is 38.1. The maximum Gasteiger partial charge on any atom is 0.0713 e. The highest BCUT2D eigenvalue weighted by Gasteiger charge is 2.53. The monoisotopic (exact) mass is 282 g/mol. The van der Waals surface area contributed by atoms with Gasteiger partial charge >= 0.3 is 0 Å². The first-order chi connectivity index (χ1) is 9.19. The summed E-state index contributed by atoms with van der Waals surface area (Å²) in [5.41, 5.74) is 6.90. The molecule has 0 bridgehead atoms. The van der Waals surface area contributed by atoms with Gasteiger partial charge in [0.15, 0.2) is 0 Å². The summed E-state index contributed by atoms with van der Waals surface area (Å²) in [5, 5.41) is 0. The molecular weight excluding hydrogens is 256 g/mol. The van der Waals surface area contributed by atoms with E-state index in [-0.39, 0.29) is 11.1 Å². The molecule has 2 N–H and O–H groups in total. The Bertz CT molecular complexity index is 341. The largest absolute Gasteiger partial charge is 0.375 e. The lowest BCUT2D eigenvalue weighted by Crippen LogP contribution is -2.71. The number of thioether (sulfide) groups is 1. The molecule has 108 valence electrons. The molecule has 3 heterocycles. The van der Waals surface area contributed by atoms with E-state index in [4.69, 9.17) is 10.5 Å². The van der Waals surface area contributed by atoms with Crippen LogP contribution in [0.3, 0.4) is 0 Å². The lowest BCUT2D eigenvalue weighted by molar-refractivity contribution is -0.127. The Morgan fingerprint density at radius 3 is 2.53 bits per heavy atom. The highest BCUT2D eigenvalue weighted by atomic mass is 32.2. The molecule has 3 nitrogen and oxygen atoms in total. The van der Waals surface area contributed by atoms with Gasteiger partial charge in [-0.3, -0.25) is 4.90 Å². The van der Waals surface area contributed by atoms with E-state index in [1.165, 1.54) is 50.0 Å². The number of ether oxygens (including phenoxy) is 1. The first-order valence-corrected chi connectivity index (χ1v) is 9.09. The van der Waals surface area contributed by atoms with E-state index in [0.717, 1.165) is 31.7 Å². The molecule has 1 aliphatic carbocycles. The number of nitrogens with zero attached hydrogens (tertiary/aromatic N) is 1. The first kappa shape index (κ1) is 12.9. The van der Waals surface area contributed by atoms with Gasteiger partial charge in [-0.05, 0) is 55.9 Å². The molecule has 1 saturated carbocycles. The second-order valence-corrected chi connectivity index (χ2v) is 8.43. The van der Waals surface area contributed by atoms with Crippen molar-refractivity contribution in [1.29, 1.82) is 0 Å². The maximum absolute atomic E-state index is 6.50. The van der Waals surface area contributed by atoms with Crippen LogP contribution in [0.1, 0.15) is 38.5 Å². The van der Waals surface area contributed by atoms with Gasteiger partial charge in [0.2, 0.25) is 0 Å². The van der Waals surface area contributed by atoms with E-state index in [1.54, 1.807) is 0 Å². The molecular formula is C15H26N2OS. The Hall–Kier alpha value is 0.230. The molecule has 4 rings (SSSR count). The van der Waals surface area contributed by atoms with E-state index < -0.39 is 0 Å². The molecule has 0 aromatic carbocycles. The van der Waals surface area contributed by atoms with Crippen LogP contribution in [0.15, 0.2) is 0 Å². The van der Waals surface area contributed by atoms with E-state index in [0.29, 0.717) is 0 Å². The van der Waals surface area contributed by atoms with Crippen LogP contribution in [0.5, 0.6) is 0 Å². The van der Waals surface area contributed by atoms with Crippen LogP contribution in [0.25, 0.3) is 0 Å². The minimum atomic E-state index is 0.174. The predicted octanol–water partition coefficient (Wildman–Crippen LogP) is 1.85. The summed E-state index contributed by atoms with van der Waals surface area (Å²) in [5.74, 6) is 3.41. The summed E-state index contributed by atoms with van der Waals surface area (Å²) in [6, 6.07) is 0.743. The molecule has 3 aliphatic heterocycles. The Balaban J connectivity index is 1.37. The van der Waals surface area contributed by atoms with Crippen LogP contribution in [-0.2, 0) is 4.74 Å². The fraction of sp³-hybridized carbons (Fsp3) is 1.00. The van der Waals surface area contributed by atoms with Crippen LogP contribution in [0, 0.1) is 5.92 Å². The lowest BCUT2D eigenvalue weighted by atomic mass is 9.79. The summed E-state index contributed by atoms with van der Waals surface area (Å²) < 4.78 is 6.20. The summed E-state index contributed by atoms with van der Waals surface area (Å²) in [4.78, 5) is 2.66. The summed E-state index contributed by atoms with van der Waals surface area (Å²) in [6.45, 7) is 3.26. The van der Waals surface area contributed by atoms with Crippen LogP contribution in [0.2, 0.25) is 0 Å². The van der Waals surface area contributed by atoms with Crippen LogP contribution < -0.4 is 5.73 Å². The SMILES string of the molecule is NC1(C2CC2)CN(C2CCOC3(CCSCC3)C2)C1. The van der Waals surface area contributed by atoms with Crippen LogP contribution in [-0.4, -0.2) is 53.3 Å². The van der Waals surface area contributed by atoms with Gasteiger partial charge in [0.05, 0.1) is 5.60 Å². The second-order valence-electron chi connectivity index (χ2n) is 7.20. The van der Waals surface area contributed by atoms with Crippen molar-refractivity contribution in [2.45, 2.75) is 55.7 Å². The maximum atomic E-state index is 6.50. The predicted molar refractivity (Wildman–Crippen MR) is 79.5 cm³/mol. The molecule has 4 aliphatic rings. The van der Waals surface area contributed by atoms with Crippen LogP contribution in [0.4, 0.5) is 0 Å². The molecule has 3 saturated heterocycles. The van der Waals surface area contributed by atoms with E-state index >= 15 is 0 Å². The Morgan fingerprint density at radius 1 is 1.11 bits per heavy atom. The van der Waals surface area contributed by atoms with Gasteiger partial charge in [-0.1, -0.05) is 0 Å². The van der Waals surface area contributed by atoms with Gasteiger partial charge in [0, 0.05) is 31.3 Å². The summed E-state index contributed by atoms with van der Waals surface area (Å²) >= 11 is 2.09. The molecule has 0 radical (unpaired) electrons. The lowest BCUT2D eigenvalue weighted by Gasteiger charge is -2.55. The van der Waals surface area contributed by atoms with Gasteiger partial charge in [0.1, 0.15) is 0 Å². The highest BCUT2D eigenvalue weighted by Crippen LogP contribution is 2.46. The van der Waals surface area contributed by atoms with Crippen molar-refractivity contribution in [1.82, 2.24) is 4.90 Å². The van der Waals surface area contributed by atoms with Gasteiger partial charge in [-0.25, -0.2) is 0 Å². The zero-order chi connectivity index (χ0) is 12.9. The molecule has 0 aromatic rings. The van der Waals surface area contributed by atoms with E-state index in [2.05, 4.69) is 16.7 Å². The zero-order valence-corrected chi connectivity index (χ0v) is 12.6. The third-order valence-electron chi connectivity index (χ3n) is 5.77. The van der Waals surface area contributed by atoms with Gasteiger partial charge in [-0.2, -0.15) is 11.8 Å². The first-order valence-electron chi connectivity index (χ1n) is 7.94. The van der Waals surface area contributed by atoms with Crippen molar-refractivity contribution in [3.8, 4) is 0 Å². The second kappa shape index (κ2) is 4.62. The third-order valence-corrected chi connectivity index (χ3v) is 6.76. The minimum absolute atomic E-state index is 0.174. The topological polar surface area (TPSA) is 38.5 Å². The molecule has 4 heteroatoms. The number of rotatable bonds is 2. The Labute approximate surface area is 120 Å². The Morgan fingerprint density at radius 2 is 1.84 bits per heavy atom. The third kappa shape index (κ3) is 2.35. The average Bonchev–Trinajstić information content (AvgIpc) is 3.20. The molecule has 19 heavy (non-hydrogen) atoms. The van der Waals surface area contributed by atoms with Crippen molar-refractivity contribution in [3.05, 3.63) is 0 Å². The highest BCUT2D eigenvalue weighted by molar-refractivity contribution is 7.99. The molecule has 0 amide bonds. The molecule has 0 aromatic heterocycles. The molecule has 4 fully saturated rings. The van der Waals surface area contributed by atoms with Crippen molar-refractivity contribution in [2.75, 3.05) is 31.2 Å². The fourth-order valence-corrected chi connectivity index (χ4v) is 5.53. The van der Waals surface area contributed by atoms with Crippen molar-refractivity contribution < 1.29 is 4.74 Å². The summed E-state index contributed by atoms with van der Waals surface area (Å²) in [7, 11) is 0. The molecule has 1 atom stereocenters. The van der Waals surface area contributed by atoms with Gasteiger partial charge in [-0.15, -0.1) is 0 Å². The minimum Gasteiger partial charge on any atom is -0.375 e. The average molecular weight is 282 g/mol. The van der Waals surface area contributed by atoms with E-state index in [1.807, 2.05) is 0 Å². The quantitative estimate of drug-likeness (QED) is 0.839. The number of hydrogen-bond acceptors (Lipinski definition) is 4. The van der Waals surface area contributed by atoms with Gasteiger partial charge in [0.25, 0.3) is 0 Å². The molecule has 1 unspecified atom stereocenters. The van der Waals surface area contributed by atoms with Crippen molar-refractivity contribution >= 4 is 11.8 Å². The number of likely N-dealkylation sites (tertiary alicyclic amines) is 1. The fourth-order valence-electron chi connectivity index (χ4n) is 4.29. The Kier molecular flexibility index (Phi) is 3.14.